The van der Waals surface area contributed by atoms with E-state index in [1.54, 1.807) is 30.3 Å². The van der Waals surface area contributed by atoms with Gasteiger partial charge in [-0.25, -0.2) is 0 Å². The Bertz CT molecular complexity index is 737. The van der Waals surface area contributed by atoms with Gasteiger partial charge in [-0.05, 0) is 35.8 Å². The van der Waals surface area contributed by atoms with Gasteiger partial charge in [0.15, 0.2) is 0 Å². The number of Topliss-reactive ketones (excluding diaryl/α,β-unsaturated/α-hetero) is 1. The van der Waals surface area contributed by atoms with E-state index in [0.717, 1.165) is 12.0 Å². The van der Waals surface area contributed by atoms with Gasteiger partial charge in [0.05, 0.1) is 12.7 Å². The summed E-state index contributed by atoms with van der Waals surface area (Å²) in [6, 6.07) is 16.7. The van der Waals surface area contributed by atoms with Crippen molar-refractivity contribution in [3.63, 3.8) is 0 Å². The number of aryl methyl sites for hydroxylation is 1. The molecular weight excluding hydrogens is 274 g/mol. The number of benzene rings is 2. The molecule has 3 nitrogen and oxygen atoms in total. The number of carbonyl (C=O) groups is 1. The van der Waals surface area contributed by atoms with Crippen molar-refractivity contribution in [1.82, 2.24) is 0 Å². The number of carbonyl (C=O) groups excluding carboxylic acids is 1. The minimum Gasteiger partial charge on any atom is -0.496 e. The molecule has 0 unspecified atom stereocenters. The first-order valence-corrected chi connectivity index (χ1v) is 7.08. The SMILES string of the molecule is CCc1ccc(/C=C(\C#N)C(=O)c2ccccc2OC)cc1. The number of hydrogen-bond donors (Lipinski definition) is 0. The summed E-state index contributed by atoms with van der Waals surface area (Å²) < 4.78 is 5.18. The molecule has 2 aromatic rings. The summed E-state index contributed by atoms with van der Waals surface area (Å²) in [7, 11) is 1.51. The molecule has 0 atom stereocenters. The van der Waals surface area contributed by atoms with Crippen molar-refractivity contribution < 1.29 is 9.53 Å². The zero-order valence-electron chi connectivity index (χ0n) is 12.7. The highest BCUT2D eigenvalue weighted by Crippen LogP contribution is 2.22. The Kier molecular flexibility index (Phi) is 5.11. The van der Waals surface area contributed by atoms with Gasteiger partial charge in [0.1, 0.15) is 17.4 Å². The summed E-state index contributed by atoms with van der Waals surface area (Å²) in [5.74, 6) is 0.134. The maximum Gasteiger partial charge on any atom is 0.207 e. The molecule has 0 N–H and O–H groups in total. The Morgan fingerprint density at radius 2 is 1.86 bits per heavy atom. The molecule has 0 bridgehead atoms. The second-order valence-electron chi connectivity index (χ2n) is 4.79. The fourth-order valence-corrected chi connectivity index (χ4v) is 2.14. The minimum atomic E-state index is -0.334. The Morgan fingerprint density at radius 3 is 2.45 bits per heavy atom. The molecule has 0 aromatic heterocycles. The normalized spacial score (nSPS) is 10.9. The van der Waals surface area contributed by atoms with Crippen molar-refractivity contribution >= 4 is 11.9 Å². The number of nitrogens with zero attached hydrogens (tertiary/aromatic N) is 1. The molecule has 0 aliphatic rings. The van der Waals surface area contributed by atoms with E-state index in [-0.39, 0.29) is 11.4 Å². The van der Waals surface area contributed by atoms with Gasteiger partial charge in [-0.1, -0.05) is 43.3 Å². The summed E-state index contributed by atoms with van der Waals surface area (Å²) in [5.41, 5.74) is 2.53. The second-order valence-corrected chi connectivity index (χ2v) is 4.79. The third kappa shape index (κ3) is 3.42. The van der Waals surface area contributed by atoms with E-state index in [1.165, 1.54) is 12.7 Å². The number of methoxy groups -OCH3 is 1. The fourth-order valence-electron chi connectivity index (χ4n) is 2.14. The van der Waals surface area contributed by atoms with Crippen molar-refractivity contribution in [2.45, 2.75) is 13.3 Å². The van der Waals surface area contributed by atoms with Gasteiger partial charge < -0.3 is 4.74 Å². The average Bonchev–Trinajstić information content (AvgIpc) is 2.59. The maximum absolute atomic E-state index is 12.5. The van der Waals surface area contributed by atoms with Crippen LogP contribution < -0.4 is 4.74 Å². The van der Waals surface area contributed by atoms with E-state index in [2.05, 4.69) is 6.92 Å². The quantitative estimate of drug-likeness (QED) is 0.474. The number of allylic oxidation sites excluding steroid dienone is 1. The van der Waals surface area contributed by atoms with Gasteiger partial charge in [0, 0.05) is 0 Å². The Hall–Kier alpha value is -2.86. The highest BCUT2D eigenvalue weighted by Gasteiger charge is 2.16. The molecule has 0 heterocycles. The van der Waals surface area contributed by atoms with Crippen molar-refractivity contribution in [1.29, 1.82) is 5.26 Å². The molecule has 110 valence electrons. The van der Waals surface area contributed by atoms with Gasteiger partial charge in [0.2, 0.25) is 5.78 Å². The number of nitriles is 1. The van der Waals surface area contributed by atoms with Gasteiger partial charge in [-0.2, -0.15) is 5.26 Å². The molecule has 0 aliphatic carbocycles. The molecule has 0 amide bonds. The zero-order chi connectivity index (χ0) is 15.9. The molecule has 0 radical (unpaired) electrons. The third-order valence-electron chi connectivity index (χ3n) is 3.42. The highest BCUT2D eigenvalue weighted by molar-refractivity contribution is 6.15. The van der Waals surface area contributed by atoms with Crippen LogP contribution in [0.4, 0.5) is 0 Å². The first kappa shape index (κ1) is 15.5. The molecular formula is C19H17NO2. The molecule has 0 fully saturated rings. The van der Waals surface area contributed by atoms with Crippen LogP contribution in [0.3, 0.4) is 0 Å². The number of para-hydroxylation sites is 1. The Labute approximate surface area is 130 Å². The lowest BCUT2D eigenvalue weighted by atomic mass is 10.0. The van der Waals surface area contributed by atoms with Crippen LogP contribution in [0.5, 0.6) is 5.75 Å². The first-order valence-electron chi connectivity index (χ1n) is 7.08. The molecule has 2 rings (SSSR count). The van der Waals surface area contributed by atoms with E-state index in [9.17, 15) is 10.1 Å². The van der Waals surface area contributed by atoms with Crippen LogP contribution in [-0.4, -0.2) is 12.9 Å². The van der Waals surface area contributed by atoms with Crippen LogP contribution in [0.1, 0.15) is 28.4 Å². The van der Waals surface area contributed by atoms with E-state index in [4.69, 9.17) is 4.74 Å². The van der Waals surface area contributed by atoms with E-state index in [1.807, 2.05) is 30.3 Å². The van der Waals surface area contributed by atoms with Crippen LogP contribution in [0.25, 0.3) is 6.08 Å². The maximum atomic E-state index is 12.5. The van der Waals surface area contributed by atoms with Gasteiger partial charge in [0.25, 0.3) is 0 Å². The molecule has 3 heteroatoms. The number of rotatable bonds is 5. The highest BCUT2D eigenvalue weighted by atomic mass is 16.5. The van der Waals surface area contributed by atoms with Crippen LogP contribution in [0, 0.1) is 11.3 Å². The van der Waals surface area contributed by atoms with Crippen LogP contribution >= 0.6 is 0 Å². The molecule has 0 aliphatic heterocycles. The first-order chi connectivity index (χ1) is 10.7. The lowest BCUT2D eigenvalue weighted by Crippen LogP contribution is -2.04. The average molecular weight is 291 g/mol. The molecule has 0 saturated carbocycles. The third-order valence-corrected chi connectivity index (χ3v) is 3.42. The number of ketones is 1. The molecule has 0 spiro atoms. The summed E-state index contributed by atoms with van der Waals surface area (Å²) in [5, 5.41) is 9.30. The predicted octanol–water partition coefficient (Wildman–Crippen LogP) is 4.05. The van der Waals surface area contributed by atoms with Crippen LogP contribution in [-0.2, 0) is 6.42 Å². The topological polar surface area (TPSA) is 50.1 Å². The van der Waals surface area contributed by atoms with Crippen molar-refractivity contribution in [2.24, 2.45) is 0 Å². The largest absolute Gasteiger partial charge is 0.496 e. The lowest BCUT2D eigenvalue weighted by Gasteiger charge is -2.06. The molecule has 2 aromatic carbocycles. The Balaban J connectivity index is 2.36. The van der Waals surface area contributed by atoms with E-state index < -0.39 is 0 Å². The van der Waals surface area contributed by atoms with Gasteiger partial charge in [-0.3, -0.25) is 4.79 Å². The van der Waals surface area contributed by atoms with Crippen molar-refractivity contribution in [2.75, 3.05) is 7.11 Å². The Morgan fingerprint density at radius 1 is 1.18 bits per heavy atom. The summed E-state index contributed by atoms with van der Waals surface area (Å²) in [6.45, 7) is 2.08. The second kappa shape index (κ2) is 7.24. The monoisotopic (exact) mass is 291 g/mol. The molecule has 22 heavy (non-hydrogen) atoms. The van der Waals surface area contributed by atoms with Crippen LogP contribution in [0.2, 0.25) is 0 Å². The lowest BCUT2D eigenvalue weighted by molar-refractivity contribution is 0.103. The smallest absolute Gasteiger partial charge is 0.207 e. The van der Waals surface area contributed by atoms with E-state index in [0.29, 0.717) is 11.3 Å². The molecule has 0 saturated heterocycles. The van der Waals surface area contributed by atoms with Gasteiger partial charge in [-0.15, -0.1) is 0 Å². The summed E-state index contributed by atoms with van der Waals surface area (Å²) in [4.78, 5) is 12.5. The summed E-state index contributed by atoms with van der Waals surface area (Å²) >= 11 is 0. The van der Waals surface area contributed by atoms with Crippen molar-refractivity contribution in [3.05, 3.63) is 70.8 Å². The van der Waals surface area contributed by atoms with Gasteiger partial charge >= 0.3 is 0 Å². The zero-order valence-corrected chi connectivity index (χ0v) is 12.7. The number of hydrogen-bond acceptors (Lipinski definition) is 3. The number of ether oxygens (including phenoxy) is 1. The standard InChI is InChI=1S/C19H17NO2/c1-3-14-8-10-15(11-9-14)12-16(13-20)19(21)17-6-4-5-7-18(17)22-2/h4-12H,3H2,1-2H3/b16-12+. The van der Waals surface area contributed by atoms with E-state index >= 15 is 0 Å². The summed E-state index contributed by atoms with van der Waals surface area (Å²) in [6.07, 6.45) is 2.56. The predicted molar refractivity (Wildman–Crippen MR) is 86.7 cm³/mol. The van der Waals surface area contributed by atoms with Crippen LogP contribution in [0.15, 0.2) is 54.1 Å². The van der Waals surface area contributed by atoms with Crippen molar-refractivity contribution in [3.8, 4) is 11.8 Å². The minimum absolute atomic E-state index is 0.0914. The fraction of sp³-hybridized carbons (Fsp3) is 0.158.